The first kappa shape index (κ1) is 14.8. The summed E-state index contributed by atoms with van der Waals surface area (Å²) < 4.78 is 5.23. The molecule has 1 aromatic carbocycles. The van der Waals surface area contributed by atoms with E-state index in [-0.39, 0.29) is 5.56 Å². The lowest BCUT2D eigenvalue weighted by Gasteiger charge is -2.14. The number of nitrogens with one attached hydrogen (secondary N) is 1. The van der Waals surface area contributed by atoms with Gasteiger partial charge in [-0.15, -0.1) is 0 Å². The first-order chi connectivity index (χ1) is 10.0. The highest BCUT2D eigenvalue weighted by atomic mass is 16.5. The van der Waals surface area contributed by atoms with Crippen molar-refractivity contribution in [2.45, 2.75) is 20.4 Å². The van der Waals surface area contributed by atoms with E-state index in [0.29, 0.717) is 23.6 Å². The van der Waals surface area contributed by atoms with Gasteiger partial charge in [-0.1, -0.05) is 17.7 Å². The second-order valence-corrected chi connectivity index (χ2v) is 4.79. The van der Waals surface area contributed by atoms with Crippen LogP contribution in [-0.4, -0.2) is 23.2 Å². The summed E-state index contributed by atoms with van der Waals surface area (Å²) in [6.45, 7) is 4.05. The molecule has 2 aromatic rings. The van der Waals surface area contributed by atoms with Gasteiger partial charge in [-0.2, -0.15) is 0 Å². The number of hydrogen-bond acceptors (Lipinski definition) is 4. The number of carboxylic acid groups (broad SMARTS) is 1. The molecule has 110 valence electrons. The van der Waals surface area contributed by atoms with Crippen molar-refractivity contribution in [3.05, 3.63) is 52.8 Å². The molecule has 0 radical (unpaired) electrons. The molecule has 0 spiro atoms. The number of anilines is 1. The summed E-state index contributed by atoms with van der Waals surface area (Å²) >= 11 is 0. The number of benzene rings is 1. The van der Waals surface area contributed by atoms with Gasteiger partial charge in [0.1, 0.15) is 5.75 Å². The molecule has 2 N–H and O–H groups in total. The zero-order chi connectivity index (χ0) is 15.4. The van der Waals surface area contributed by atoms with Crippen LogP contribution in [0.2, 0.25) is 0 Å². The van der Waals surface area contributed by atoms with E-state index >= 15 is 0 Å². The van der Waals surface area contributed by atoms with E-state index < -0.39 is 5.97 Å². The second-order valence-electron chi connectivity index (χ2n) is 4.79. The maximum atomic E-state index is 11.4. The Balaban J connectivity index is 2.31. The Kier molecular flexibility index (Phi) is 4.42. The van der Waals surface area contributed by atoms with Crippen LogP contribution >= 0.6 is 0 Å². The number of aryl methyl sites for hydroxylation is 2. The fraction of sp³-hybridized carbons (Fsp3) is 0.250. The fourth-order valence-electron chi connectivity index (χ4n) is 2.14. The van der Waals surface area contributed by atoms with Gasteiger partial charge < -0.3 is 15.2 Å². The van der Waals surface area contributed by atoms with E-state index in [1.54, 1.807) is 13.1 Å². The quantitative estimate of drug-likeness (QED) is 0.884. The van der Waals surface area contributed by atoms with E-state index in [1.807, 2.05) is 31.2 Å². The maximum Gasteiger partial charge on any atom is 0.338 e. The van der Waals surface area contributed by atoms with Gasteiger partial charge >= 0.3 is 5.97 Å². The third-order valence-corrected chi connectivity index (χ3v) is 3.29. The molecular weight excluding hydrogens is 268 g/mol. The first-order valence-corrected chi connectivity index (χ1v) is 6.59. The predicted molar refractivity (Wildman–Crippen MR) is 81.0 cm³/mol. The number of aromatic carboxylic acids is 1. The van der Waals surface area contributed by atoms with Crippen LogP contribution in [-0.2, 0) is 6.54 Å². The Morgan fingerprint density at radius 3 is 2.52 bits per heavy atom. The van der Waals surface area contributed by atoms with Crippen LogP contribution in [0.25, 0.3) is 0 Å². The minimum atomic E-state index is -1.00. The number of hydrogen-bond donors (Lipinski definition) is 2. The maximum absolute atomic E-state index is 11.4. The third kappa shape index (κ3) is 3.31. The molecule has 0 aliphatic heterocycles. The highest BCUT2D eigenvalue weighted by molar-refractivity contribution is 5.91. The first-order valence-electron chi connectivity index (χ1n) is 6.59. The highest BCUT2D eigenvalue weighted by Crippen LogP contribution is 2.25. The average molecular weight is 286 g/mol. The molecule has 1 heterocycles. The number of carboxylic acids is 1. The number of rotatable bonds is 5. The molecule has 1 aromatic heterocycles. The summed E-state index contributed by atoms with van der Waals surface area (Å²) in [6, 6.07) is 7.90. The molecule has 5 nitrogen and oxygen atoms in total. The summed E-state index contributed by atoms with van der Waals surface area (Å²) in [5.74, 6) is -0.530. The molecule has 0 amide bonds. The molecule has 5 heteroatoms. The SMILES string of the molecule is COc1cnc(C)c(C(=O)O)c1CNc1ccc(C)cc1. The largest absolute Gasteiger partial charge is 0.495 e. The van der Waals surface area contributed by atoms with Crippen LogP contribution in [0.15, 0.2) is 30.5 Å². The smallest absolute Gasteiger partial charge is 0.338 e. The van der Waals surface area contributed by atoms with Crippen molar-refractivity contribution in [1.82, 2.24) is 4.98 Å². The molecule has 0 saturated heterocycles. The lowest BCUT2D eigenvalue weighted by molar-refractivity contribution is 0.0694. The Morgan fingerprint density at radius 2 is 1.95 bits per heavy atom. The topological polar surface area (TPSA) is 71.5 Å². The van der Waals surface area contributed by atoms with Gasteiger partial charge in [-0.25, -0.2) is 4.79 Å². The van der Waals surface area contributed by atoms with Gasteiger partial charge in [0.05, 0.1) is 24.6 Å². The van der Waals surface area contributed by atoms with Crippen LogP contribution in [0.5, 0.6) is 5.75 Å². The number of carbonyl (C=O) groups is 1. The molecule has 0 saturated carbocycles. The minimum Gasteiger partial charge on any atom is -0.495 e. The second kappa shape index (κ2) is 6.26. The summed E-state index contributed by atoms with van der Waals surface area (Å²) in [6.07, 6.45) is 1.55. The molecule has 0 aliphatic carbocycles. The fourth-order valence-corrected chi connectivity index (χ4v) is 2.14. The zero-order valence-electron chi connectivity index (χ0n) is 12.3. The Hall–Kier alpha value is -2.56. The average Bonchev–Trinajstić information content (AvgIpc) is 2.46. The zero-order valence-corrected chi connectivity index (χ0v) is 12.3. The van der Waals surface area contributed by atoms with Crippen molar-refractivity contribution in [3.8, 4) is 5.75 Å². The third-order valence-electron chi connectivity index (χ3n) is 3.29. The van der Waals surface area contributed by atoms with Gasteiger partial charge in [0.2, 0.25) is 0 Å². The summed E-state index contributed by atoms with van der Waals surface area (Å²) in [7, 11) is 1.51. The predicted octanol–water partition coefficient (Wildman–Crippen LogP) is 3.02. The number of pyridine rings is 1. The summed E-state index contributed by atoms with van der Waals surface area (Å²) in [4.78, 5) is 15.5. The van der Waals surface area contributed by atoms with Crippen LogP contribution in [0, 0.1) is 13.8 Å². The Morgan fingerprint density at radius 1 is 1.29 bits per heavy atom. The van der Waals surface area contributed by atoms with Crippen molar-refractivity contribution in [2.24, 2.45) is 0 Å². The van der Waals surface area contributed by atoms with E-state index in [1.165, 1.54) is 12.7 Å². The van der Waals surface area contributed by atoms with Crippen LogP contribution in [0.1, 0.15) is 27.2 Å². The molecule has 0 atom stereocenters. The number of ether oxygens (including phenoxy) is 1. The number of methoxy groups -OCH3 is 1. The molecule has 0 unspecified atom stereocenters. The minimum absolute atomic E-state index is 0.189. The summed E-state index contributed by atoms with van der Waals surface area (Å²) in [5, 5.41) is 12.6. The van der Waals surface area contributed by atoms with Crippen molar-refractivity contribution < 1.29 is 14.6 Å². The van der Waals surface area contributed by atoms with Gasteiger partial charge in [0, 0.05) is 17.8 Å². The number of nitrogens with zero attached hydrogens (tertiary/aromatic N) is 1. The lowest BCUT2D eigenvalue weighted by Crippen LogP contribution is -2.12. The molecule has 21 heavy (non-hydrogen) atoms. The highest BCUT2D eigenvalue weighted by Gasteiger charge is 2.18. The van der Waals surface area contributed by atoms with Gasteiger partial charge in [0.15, 0.2) is 0 Å². The molecule has 0 aliphatic rings. The van der Waals surface area contributed by atoms with Gasteiger partial charge in [0.25, 0.3) is 0 Å². The van der Waals surface area contributed by atoms with Crippen molar-refractivity contribution in [2.75, 3.05) is 12.4 Å². The normalized spacial score (nSPS) is 10.2. The van der Waals surface area contributed by atoms with Gasteiger partial charge in [-0.3, -0.25) is 4.98 Å². The Labute approximate surface area is 123 Å². The van der Waals surface area contributed by atoms with E-state index in [0.717, 1.165) is 5.69 Å². The van der Waals surface area contributed by atoms with Crippen LogP contribution < -0.4 is 10.1 Å². The monoisotopic (exact) mass is 286 g/mol. The van der Waals surface area contributed by atoms with Gasteiger partial charge in [-0.05, 0) is 26.0 Å². The molecule has 2 rings (SSSR count). The van der Waals surface area contributed by atoms with Crippen LogP contribution in [0.3, 0.4) is 0 Å². The van der Waals surface area contributed by atoms with Crippen molar-refractivity contribution >= 4 is 11.7 Å². The number of aromatic nitrogens is 1. The van der Waals surface area contributed by atoms with Crippen LogP contribution in [0.4, 0.5) is 5.69 Å². The summed E-state index contributed by atoms with van der Waals surface area (Å²) in [5.41, 5.74) is 3.36. The van der Waals surface area contributed by atoms with Crippen molar-refractivity contribution in [3.63, 3.8) is 0 Å². The van der Waals surface area contributed by atoms with Crippen molar-refractivity contribution in [1.29, 1.82) is 0 Å². The molecular formula is C16H18N2O3. The van der Waals surface area contributed by atoms with E-state index in [2.05, 4.69) is 10.3 Å². The molecule has 0 bridgehead atoms. The molecule has 0 fully saturated rings. The lowest BCUT2D eigenvalue weighted by atomic mass is 10.1. The van der Waals surface area contributed by atoms with E-state index in [4.69, 9.17) is 4.74 Å². The standard InChI is InChI=1S/C16H18N2O3/c1-10-4-6-12(7-5-10)18-8-13-14(21-3)9-17-11(2)15(13)16(19)20/h4-7,9,18H,8H2,1-3H3,(H,19,20). The Bertz CT molecular complexity index is 651. The van der Waals surface area contributed by atoms with E-state index in [9.17, 15) is 9.90 Å².